The number of methoxy groups -OCH3 is 3. The fraction of sp³-hybridized carbons (Fsp3) is 0.261. The Hall–Kier alpha value is -2.92. The highest BCUT2D eigenvalue weighted by molar-refractivity contribution is 6.32. The van der Waals surface area contributed by atoms with E-state index in [1.54, 1.807) is 44.4 Å². The molecule has 3 rings (SSSR count). The van der Waals surface area contributed by atoms with Crippen LogP contribution < -0.4 is 14.2 Å². The molecule has 1 amide bonds. The van der Waals surface area contributed by atoms with Gasteiger partial charge in [0.2, 0.25) is 5.91 Å². The third kappa shape index (κ3) is 4.74. The number of rotatable bonds is 6. The predicted octanol–water partition coefficient (Wildman–Crippen LogP) is 4.69. The van der Waals surface area contributed by atoms with E-state index in [9.17, 15) is 4.79 Å². The summed E-state index contributed by atoms with van der Waals surface area (Å²) in [4.78, 5) is 14.3. The van der Waals surface area contributed by atoms with E-state index >= 15 is 0 Å². The van der Waals surface area contributed by atoms with Gasteiger partial charge in [0.25, 0.3) is 0 Å². The fourth-order valence-corrected chi connectivity index (χ4v) is 3.49. The van der Waals surface area contributed by atoms with E-state index < -0.39 is 0 Å². The lowest BCUT2D eigenvalue weighted by atomic mass is 9.97. The molecule has 1 aliphatic heterocycles. The molecule has 0 unspecified atom stereocenters. The van der Waals surface area contributed by atoms with Crippen LogP contribution in [0.25, 0.3) is 11.6 Å². The van der Waals surface area contributed by atoms with Gasteiger partial charge in [-0.05, 0) is 29.7 Å². The number of ether oxygens (including phenoxy) is 3. The molecule has 0 saturated carbocycles. The van der Waals surface area contributed by atoms with Crippen molar-refractivity contribution in [1.29, 1.82) is 0 Å². The largest absolute Gasteiger partial charge is 0.496 e. The van der Waals surface area contributed by atoms with Crippen LogP contribution in [0.4, 0.5) is 0 Å². The van der Waals surface area contributed by atoms with Gasteiger partial charge in [-0.3, -0.25) is 4.79 Å². The van der Waals surface area contributed by atoms with Crippen molar-refractivity contribution in [3.8, 4) is 17.2 Å². The minimum absolute atomic E-state index is 0.0473. The first kappa shape index (κ1) is 20.8. The van der Waals surface area contributed by atoms with Crippen molar-refractivity contribution < 1.29 is 19.0 Å². The van der Waals surface area contributed by atoms with Gasteiger partial charge in [-0.25, -0.2) is 0 Å². The zero-order valence-electron chi connectivity index (χ0n) is 16.8. The molecule has 0 radical (unpaired) electrons. The molecular weight excluding hydrogens is 390 g/mol. The van der Waals surface area contributed by atoms with Gasteiger partial charge < -0.3 is 19.1 Å². The average molecular weight is 414 g/mol. The second-order valence-electron chi connectivity index (χ2n) is 6.53. The number of nitrogens with zero attached hydrogens (tertiary/aromatic N) is 1. The zero-order chi connectivity index (χ0) is 20.8. The number of hydrogen-bond donors (Lipinski definition) is 0. The summed E-state index contributed by atoms with van der Waals surface area (Å²) in [6.45, 7) is 1.12. The van der Waals surface area contributed by atoms with Crippen molar-refractivity contribution in [3.05, 3.63) is 64.7 Å². The van der Waals surface area contributed by atoms with E-state index in [2.05, 4.69) is 0 Å². The smallest absolute Gasteiger partial charge is 0.246 e. The van der Waals surface area contributed by atoms with Crippen molar-refractivity contribution in [2.24, 2.45) is 0 Å². The van der Waals surface area contributed by atoms with Crippen LogP contribution in [-0.2, 0) is 4.79 Å². The Bertz CT molecular complexity index is 927. The monoisotopic (exact) mass is 413 g/mol. The number of carbonyl (C=O) groups is 1. The van der Waals surface area contributed by atoms with Crippen LogP contribution in [-0.4, -0.2) is 45.2 Å². The molecule has 0 atom stereocenters. The van der Waals surface area contributed by atoms with Crippen LogP contribution in [0.15, 0.2) is 48.6 Å². The number of amides is 1. The van der Waals surface area contributed by atoms with Gasteiger partial charge in [-0.2, -0.15) is 0 Å². The molecule has 152 valence electrons. The third-order valence-corrected chi connectivity index (χ3v) is 5.21. The molecule has 6 heteroatoms. The van der Waals surface area contributed by atoms with Gasteiger partial charge in [0.05, 0.1) is 26.9 Å². The molecule has 0 aromatic heterocycles. The quantitative estimate of drug-likeness (QED) is 0.644. The van der Waals surface area contributed by atoms with Gasteiger partial charge in [0, 0.05) is 36.3 Å². The van der Waals surface area contributed by atoms with Gasteiger partial charge in [0.15, 0.2) is 0 Å². The summed E-state index contributed by atoms with van der Waals surface area (Å²) >= 11 is 6.14. The van der Waals surface area contributed by atoms with Gasteiger partial charge in [-0.15, -0.1) is 0 Å². The Labute approximate surface area is 176 Å². The van der Waals surface area contributed by atoms with Crippen LogP contribution in [0, 0.1) is 0 Å². The van der Waals surface area contributed by atoms with E-state index in [0.29, 0.717) is 41.8 Å². The fourth-order valence-electron chi connectivity index (χ4n) is 3.30. The Kier molecular flexibility index (Phi) is 6.83. The Morgan fingerprint density at radius 2 is 1.76 bits per heavy atom. The molecule has 5 nitrogen and oxygen atoms in total. The molecule has 2 aromatic rings. The summed E-state index contributed by atoms with van der Waals surface area (Å²) in [5.74, 6) is 1.99. The number of halogens is 1. The van der Waals surface area contributed by atoms with Crippen LogP contribution >= 0.6 is 11.6 Å². The highest BCUT2D eigenvalue weighted by Crippen LogP contribution is 2.40. The zero-order valence-corrected chi connectivity index (χ0v) is 17.5. The van der Waals surface area contributed by atoms with E-state index in [0.717, 1.165) is 16.7 Å². The molecule has 2 aromatic carbocycles. The van der Waals surface area contributed by atoms with Gasteiger partial charge in [-0.1, -0.05) is 35.9 Å². The van der Waals surface area contributed by atoms with Crippen LogP contribution in [0.5, 0.6) is 17.2 Å². The molecule has 0 aliphatic carbocycles. The molecule has 0 fully saturated rings. The molecule has 29 heavy (non-hydrogen) atoms. The predicted molar refractivity (Wildman–Crippen MR) is 116 cm³/mol. The number of hydrogen-bond acceptors (Lipinski definition) is 4. The molecular formula is C23H24ClNO4. The van der Waals surface area contributed by atoms with Crippen LogP contribution in [0.3, 0.4) is 0 Å². The maximum atomic E-state index is 12.6. The van der Waals surface area contributed by atoms with E-state index in [1.165, 1.54) is 0 Å². The average Bonchev–Trinajstić information content (AvgIpc) is 2.77. The highest BCUT2D eigenvalue weighted by atomic mass is 35.5. The minimum Gasteiger partial charge on any atom is -0.496 e. The summed E-state index contributed by atoms with van der Waals surface area (Å²) in [6.07, 6.45) is 6.05. The summed E-state index contributed by atoms with van der Waals surface area (Å²) in [6, 6.07) is 11.1. The van der Waals surface area contributed by atoms with E-state index in [1.807, 2.05) is 36.4 Å². The Morgan fingerprint density at radius 1 is 1.07 bits per heavy atom. The normalized spacial score (nSPS) is 13.9. The third-order valence-electron chi connectivity index (χ3n) is 4.87. The second-order valence-corrected chi connectivity index (χ2v) is 6.93. The maximum Gasteiger partial charge on any atom is 0.246 e. The van der Waals surface area contributed by atoms with Crippen molar-refractivity contribution >= 4 is 29.2 Å². The summed E-state index contributed by atoms with van der Waals surface area (Å²) in [5, 5.41) is 0.621. The topological polar surface area (TPSA) is 48.0 Å². The molecule has 1 heterocycles. The molecule has 1 aliphatic rings. The lowest BCUT2D eigenvalue weighted by Crippen LogP contribution is -2.33. The summed E-state index contributed by atoms with van der Waals surface area (Å²) < 4.78 is 16.4. The maximum absolute atomic E-state index is 12.6. The summed E-state index contributed by atoms with van der Waals surface area (Å²) in [5.41, 5.74) is 2.80. The van der Waals surface area contributed by atoms with Gasteiger partial charge >= 0.3 is 0 Å². The van der Waals surface area contributed by atoms with E-state index in [4.69, 9.17) is 25.8 Å². The first-order chi connectivity index (χ1) is 14.1. The Morgan fingerprint density at radius 3 is 2.31 bits per heavy atom. The van der Waals surface area contributed by atoms with Crippen molar-refractivity contribution in [2.75, 3.05) is 34.4 Å². The lowest BCUT2D eigenvalue weighted by Gasteiger charge is -2.27. The second kappa shape index (κ2) is 9.52. The first-order valence-electron chi connectivity index (χ1n) is 9.28. The number of benzene rings is 2. The van der Waals surface area contributed by atoms with Crippen molar-refractivity contribution in [3.63, 3.8) is 0 Å². The minimum atomic E-state index is -0.0473. The number of carbonyl (C=O) groups excluding carboxylic acids is 1. The summed E-state index contributed by atoms with van der Waals surface area (Å²) in [7, 11) is 4.85. The van der Waals surface area contributed by atoms with Crippen molar-refractivity contribution in [1.82, 2.24) is 4.90 Å². The van der Waals surface area contributed by atoms with Gasteiger partial charge in [0.1, 0.15) is 17.2 Å². The standard InChI is InChI=1S/C23H24ClNO4/c1-27-18-14-20(28-2)23(21(15-18)29-3)17-10-12-25(13-11-17)22(26)9-8-16-6-4-5-7-19(16)24/h4-10,14-15H,11-13H2,1-3H3/b9-8+. The van der Waals surface area contributed by atoms with Crippen LogP contribution in [0.2, 0.25) is 5.02 Å². The lowest BCUT2D eigenvalue weighted by molar-refractivity contribution is -0.125. The molecule has 0 spiro atoms. The van der Waals surface area contributed by atoms with Crippen molar-refractivity contribution in [2.45, 2.75) is 6.42 Å². The molecule has 0 saturated heterocycles. The highest BCUT2D eigenvalue weighted by Gasteiger charge is 2.22. The van der Waals surface area contributed by atoms with E-state index in [-0.39, 0.29) is 5.91 Å². The first-order valence-corrected chi connectivity index (χ1v) is 9.66. The SMILES string of the molecule is COc1cc(OC)c(C2=CCN(C(=O)/C=C/c3ccccc3Cl)CC2)c(OC)c1. The molecule has 0 bridgehead atoms. The Balaban J connectivity index is 1.77. The van der Waals surface area contributed by atoms with Crippen LogP contribution in [0.1, 0.15) is 17.5 Å². The molecule has 0 N–H and O–H groups in total.